The van der Waals surface area contributed by atoms with Gasteiger partial charge in [-0.25, -0.2) is 4.68 Å². The van der Waals surface area contributed by atoms with Crippen molar-refractivity contribution in [1.29, 1.82) is 0 Å². The molecule has 1 saturated heterocycles. The van der Waals surface area contributed by atoms with Gasteiger partial charge in [0.15, 0.2) is 6.23 Å². The Morgan fingerprint density at radius 3 is 2.76 bits per heavy atom. The van der Waals surface area contributed by atoms with Crippen molar-refractivity contribution in [2.24, 2.45) is 0 Å². The minimum absolute atomic E-state index is 0.121. The molecule has 1 atom stereocenters. The number of benzene rings is 1. The molecular weight excluding hydrogens is 341 g/mol. The Morgan fingerprint density at radius 1 is 1.40 bits per heavy atom. The van der Waals surface area contributed by atoms with Crippen LogP contribution < -0.4 is 0 Å². The Hall–Kier alpha value is -2.24. The highest BCUT2D eigenvalue weighted by Crippen LogP contribution is 2.32. The zero-order valence-electron chi connectivity index (χ0n) is 14.5. The fraction of sp³-hybridized carbons (Fsp3) is 0.471. The first-order valence-corrected chi connectivity index (χ1v) is 11.8. The van der Waals surface area contributed by atoms with Gasteiger partial charge in [-0.15, -0.1) is 10.6 Å². The normalized spacial score (nSPS) is 18.0. The second kappa shape index (κ2) is 6.58. The van der Waals surface area contributed by atoms with Crippen molar-refractivity contribution in [3.05, 3.63) is 33.8 Å². The molecule has 3 rings (SSSR count). The number of halogens is 1. The average Bonchev–Trinajstić information content (AvgIpc) is 2.90. The van der Waals surface area contributed by atoms with Crippen LogP contribution in [0.3, 0.4) is 0 Å². The van der Waals surface area contributed by atoms with E-state index >= 15 is 0 Å². The number of rotatable bonds is 2. The molecule has 0 N–H and O–H groups in total. The molecule has 1 aromatic carbocycles. The third-order valence-corrected chi connectivity index (χ3v) is 4.84. The first-order valence-electron chi connectivity index (χ1n) is 8.27. The summed E-state index contributed by atoms with van der Waals surface area (Å²) < 4.78 is 21.7. The van der Waals surface area contributed by atoms with Crippen LogP contribution in [0.4, 0.5) is 10.1 Å². The van der Waals surface area contributed by atoms with Gasteiger partial charge in [0.1, 0.15) is 8.07 Å². The van der Waals surface area contributed by atoms with E-state index < -0.39 is 25.2 Å². The molecule has 1 unspecified atom stereocenters. The molecule has 0 radical (unpaired) electrons. The average molecular weight is 361 g/mol. The number of nitrogens with zero attached hydrogens (tertiary/aromatic N) is 3. The van der Waals surface area contributed by atoms with Crippen LogP contribution in [0.1, 0.15) is 31.1 Å². The van der Waals surface area contributed by atoms with E-state index in [0.717, 1.165) is 12.8 Å². The van der Waals surface area contributed by atoms with Crippen LogP contribution in [0, 0.1) is 27.5 Å². The molecule has 1 fully saturated rings. The molecule has 132 valence electrons. The first-order chi connectivity index (χ1) is 11.8. The van der Waals surface area contributed by atoms with Gasteiger partial charge >= 0.3 is 0 Å². The number of hydrogen-bond donors (Lipinski definition) is 0. The van der Waals surface area contributed by atoms with Gasteiger partial charge in [0.05, 0.1) is 15.8 Å². The summed E-state index contributed by atoms with van der Waals surface area (Å²) in [6.07, 6.45) is 2.20. The molecule has 2 aromatic rings. The van der Waals surface area contributed by atoms with Gasteiger partial charge < -0.3 is 4.74 Å². The second-order valence-corrected chi connectivity index (χ2v) is 12.0. The lowest BCUT2D eigenvalue weighted by Gasteiger charge is -2.23. The largest absolute Gasteiger partial charge is 0.356 e. The van der Waals surface area contributed by atoms with Crippen molar-refractivity contribution in [1.82, 2.24) is 9.78 Å². The summed E-state index contributed by atoms with van der Waals surface area (Å²) in [5, 5.41) is 15.5. The fourth-order valence-corrected chi connectivity index (χ4v) is 3.31. The lowest BCUT2D eigenvalue weighted by molar-refractivity contribution is -0.384. The van der Waals surface area contributed by atoms with E-state index in [2.05, 4.69) is 36.2 Å². The smallest absolute Gasteiger partial charge is 0.272 e. The fourth-order valence-electron chi connectivity index (χ4n) is 2.80. The maximum absolute atomic E-state index is 14.6. The Bertz CT molecular complexity index is 886. The lowest BCUT2D eigenvalue weighted by atomic mass is 10.1. The number of nitro benzene ring substituents is 1. The van der Waals surface area contributed by atoms with Crippen molar-refractivity contribution < 1.29 is 14.1 Å². The van der Waals surface area contributed by atoms with Crippen molar-refractivity contribution in [3.63, 3.8) is 0 Å². The molecule has 0 spiro atoms. The van der Waals surface area contributed by atoms with Crippen molar-refractivity contribution in [2.45, 2.75) is 45.1 Å². The first kappa shape index (κ1) is 17.6. The molecule has 25 heavy (non-hydrogen) atoms. The Balaban J connectivity index is 2.22. The molecule has 1 aliphatic rings. The van der Waals surface area contributed by atoms with Crippen LogP contribution in [0.15, 0.2) is 12.1 Å². The molecule has 0 saturated carbocycles. The number of aromatic nitrogens is 2. The zero-order valence-corrected chi connectivity index (χ0v) is 15.5. The Morgan fingerprint density at radius 2 is 2.16 bits per heavy atom. The highest BCUT2D eigenvalue weighted by Gasteiger charge is 2.25. The molecule has 1 aliphatic heterocycles. The van der Waals surface area contributed by atoms with Gasteiger partial charge in [0.2, 0.25) is 5.95 Å². The number of ether oxygens (including phenoxy) is 1. The Kier molecular flexibility index (Phi) is 4.62. The summed E-state index contributed by atoms with van der Waals surface area (Å²) >= 11 is 0. The van der Waals surface area contributed by atoms with E-state index in [1.165, 1.54) is 16.8 Å². The van der Waals surface area contributed by atoms with E-state index in [0.29, 0.717) is 24.1 Å². The summed E-state index contributed by atoms with van der Waals surface area (Å²) in [5.74, 6) is 2.29. The molecule has 1 aromatic heterocycles. The maximum atomic E-state index is 14.6. The van der Waals surface area contributed by atoms with Gasteiger partial charge in [-0.1, -0.05) is 25.6 Å². The van der Waals surface area contributed by atoms with E-state index in [1.807, 2.05) is 0 Å². The van der Waals surface area contributed by atoms with Crippen LogP contribution in [0.5, 0.6) is 0 Å². The van der Waals surface area contributed by atoms with Gasteiger partial charge in [-0.05, 0) is 19.3 Å². The van der Waals surface area contributed by atoms with Crippen LogP contribution in [-0.4, -0.2) is 29.4 Å². The van der Waals surface area contributed by atoms with Gasteiger partial charge in [0.25, 0.3) is 5.69 Å². The van der Waals surface area contributed by atoms with Gasteiger partial charge in [-0.2, -0.15) is 4.39 Å². The highest BCUT2D eigenvalue weighted by molar-refractivity contribution is 6.83. The second-order valence-electron chi connectivity index (χ2n) is 7.20. The third-order valence-electron chi connectivity index (χ3n) is 3.96. The topological polar surface area (TPSA) is 70.2 Å². The summed E-state index contributed by atoms with van der Waals surface area (Å²) in [5.41, 5.74) is 3.69. The number of hydrogen-bond acceptors (Lipinski definition) is 4. The van der Waals surface area contributed by atoms with Crippen molar-refractivity contribution in [2.75, 3.05) is 6.61 Å². The van der Waals surface area contributed by atoms with Gasteiger partial charge in [0, 0.05) is 24.3 Å². The number of non-ortho nitro benzene ring substituents is 1. The standard InChI is InChI=1S/C17H20FN3O3Si/c1-25(2,3)9-7-12-10-13(21(22)23)11-14-16(12)17(18)19-20(14)15-6-4-5-8-24-15/h10-11,15H,4-6,8H2,1-3H3. The quantitative estimate of drug-likeness (QED) is 0.351. The molecular formula is C17H20FN3O3Si. The predicted molar refractivity (Wildman–Crippen MR) is 95.4 cm³/mol. The predicted octanol–water partition coefficient (Wildman–Crippen LogP) is 4.01. The molecule has 2 heterocycles. The van der Waals surface area contributed by atoms with Gasteiger partial charge in [-0.3, -0.25) is 10.1 Å². The van der Waals surface area contributed by atoms with Crippen LogP contribution >= 0.6 is 0 Å². The van der Waals surface area contributed by atoms with Crippen molar-refractivity contribution >= 4 is 24.7 Å². The van der Waals surface area contributed by atoms with E-state index in [4.69, 9.17) is 4.74 Å². The van der Waals surface area contributed by atoms with E-state index in [9.17, 15) is 14.5 Å². The number of nitro groups is 1. The number of fused-ring (bicyclic) bond motifs is 1. The third kappa shape index (κ3) is 3.72. The van der Waals surface area contributed by atoms with Crippen LogP contribution in [0.2, 0.25) is 19.6 Å². The van der Waals surface area contributed by atoms with Crippen molar-refractivity contribution in [3.8, 4) is 11.5 Å². The monoisotopic (exact) mass is 361 g/mol. The minimum atomic E-state index is -1.72. The van der Waals surface area contributed by atoms with E-state index in [-0.39, 0.29) is 11.1 Å². The maximum Gasteiger partial charge on any atom is 0.272 e. The lowest BCUT2D eigenvalue weighted by Crippen LogP contribution is -2.19. The molecule has 0 bridgehead atoms. The minimum Gasteiger partial charge on any atom is -0.356 e. The zero-order chi connectivity index (χ0) is 18.2. The van der Waals surface area contributed by atoms with Crippen LogP contribution in [0.25, 0.3) is 10.9 Å². The SMILES string of the molecule is C[Si](C)(C)C#Cc1cc([N+](=O)[O-])cc2c1c(F)nn2C1CCCCO1. The molecule has 8 heteroatoms. The van der Waals surface area contributed by atoms with Crippen LogP contribution in [-0.2, 0) is 4.74 Å². The molecule has 0 aliphatic carbocycles. The molecule has 0 amide bonds. The summed E-state index contributed by atoms with van der Waals surface area (Å²) in [6, 6.07) is 2.68. The highest BCUT2D eigenvalue weighted by atomic mass is 28.3. The molecule has 6 nitrogen and oxygen atoms in total. The summed E-state index contributed by atoms with van der Waals surface area (Å²) in [7, 11) is -1.72. The summed E-state index contributed by atoms with van der Waals surface area (Å²) in [6.45, 7) is 6.75. The Labute approximate surface area is 146 Å². The summed E-state index contributed by atoms with van der Waals surface area (Å²) in [4.78, 5) is 10.8. The van der Waals surface area contributed by atoms with E-state index in [1.54, 1.807) is 0 Å².